The zero-order valence-electron chi connectivity index (χ0n) is 13.9. The monoisotopic (exact) mass is 306 g/mol. The molecule has 0 spiro atoms. The first kappa shape index (κ1) is 20.1. The summed E-state index contributed by atoms with van der Waals surface area (Å²) in [5.41, 5.74) is 0. The smallest absolute Gasteiger partial charge is 0.312 e. The highest BCUT2D eigenvalue weighted by atomic mass is 31.2. The third-order valence-electron chi connectivity index (χ3n) is 3.84. The van der Waals surface area contributed by atoms with E-state index in [4.69, 9.17) is 9.05 Å². The summed E-state index contributed by atoms with van der Waals surface area (Å²) >= 11 is 0. The molecule has 0 amide bonds. The van der Waals surface area contributed by atoms with Gasteiger partial charge in [0, 0.05) is 14.2 Å². The standard InChI is InChI=1S/C16H35O3P/c1-4-5-6-7-8-9-10-11-12-13-14-15-16-20(17,18-2)19-3/h4-16H2,1-3H3. The van der Waals surface area contributed by atoms with E-state index in [-0.39, 0.29) is 0 Å². The van der Waals surface area contributed by atoms with Crippen LogP contribution in [0.3, 0.4) is 0 Å². The minimum Gasteiger partial charge on any atom is -0.312 e. The molecule has 0 aliphatic carbocycles. The Balaban J connectivity index is 3.19. The van der Waals surface area contributed by atoms with E-state index < -0.39 is 7.60 Å². The molecule has 0 saturated heterocycles. The van der Waals surface area contributed by atoms with Gasteiger partial charge in [0.1, 0.15) is 0 Å². The summed E-state index contributed by atoms with van der Waals surface area (Å²) in [6, 6.07) is 0. The van der Waals surface area contributed by atoms with Crippen LogP contribution in [0.15, 0.2) is 0 Å². The van der Waals surface area contributed by atoms with Gasteiger partial charge in [0.2, 0.25) is 0 Å². The van der Waals surface area contributed by atoms with E-state index in [9.17, 15) is 4.57 Å². The molecule has 0 aliphatic heterocycles. The van der Waals surface area contributed by atoms with Crippen LogP contribution >= 0.6 is 7.60 Å². The number of hydrogen-bond donors (Lipinski definition) is 0. The van der Waals surface area contributed by atoms with Crippen molar-refractivity contribution in [2.24, 2.45) is 0 Å². The Kier molecular flexibility index (Phi) is 14.2. The number of unbranched alkanes of at least 4 members (excludes halogenated alkanes) is 11. The highest BCUT2D eigenvalue weighted by Crippen LogP contribution is 2.47. The average molecular weight is 306 g/mol. The van der Waals surface area contributed by atoms with Gasteiger partial charge in [-0.2, -0.15) is 0 Å². The zero-order valence-corrected chi connectivity index (χ0v) is 14.8. The van der Waals surface area contributed by atoms with Gasteiger partial charge in [0.25, 0.3) is 0 Å². The molecule has 0 aromatic rings. The van der Waals surface area contributed by atoms with Crippen LogP contribution < -0.4 is 0 Å². The highest BCUT2D eigenvalue weighted by Gasteiger charge is 2.19. The van der Waals surface area contributed by atoms with Gasteiger partial charge in [-0.25, -0.2) is 0 Å². The molecular formula is C16H35O3P. The first-order valence-electron chi connectivity index (χ1n) is 8.39. The SMILES string of the molecule is CCCCCCCCCCCCCCP(=O)(OC)OC. The lowest BCUT2D eigenvalue weighted by molar-refractivity contribution is 0.275. The fraction of sp³-hybridized carbons (Fsp3) is 1.00. The van der Waals surface area contributed by atoms with Crippen LogP contribution in [-0.2, 0) is 13.6 Å². The first-order chi connectivity index (χ1) is 9.68. The quantitative estimate of drug-likeness (QED) is 0.268. The maximum atomic E-state index is 11.8. The van der Waals surface area contributed by atoms with E-state index in [1.165, 1.54) is 78.4 Å². The second-order valence-electron chi connectivity index (χ2n) is 5.59. The van der Waals surface area contributed by atoms with Gasteiger partial charge in [-0.1, -0.05) is 77.6 Å². The Bertz CT molecular complexity index is 236. The van der Waals surface area contributed by atoms with E-state index in [0.717, 1.165) is 12.8 Å². The number of rotatable bonds is 15. The van der Waals surface area contributed by atoms with Crippen molar-refractivity contribution >= 4 is 7.60 Å². The minimum absolute atomic E-state index is 0.553. The molecule has 0 unspecified atom stereocenters. The minimum atomic E-state index is -2.76. The Morgan fingerprint density at radius 2 is 1.00 bits per heavy atom. The molecule has 0 atom stereocenters. The first-order valence-corrected chi connectivity index (χ1v) is 10.1. The summed E-state index contributed by atoms with van der Waals surface area (Å²) in [5.74, 6) is 0. The Morgan fingerprint density at radius 1 is 0.650 bits per heavy atom. The second kappa shape index (κ2) is 14.1. The van der Waals surface area contributed by atoms with Gasteiger partial charge in [0.05, 0.1) is 6.16 Å². The number of hydrogen-bond acceptors (Lipinski definition) is 3. The molecule has 0 heterocycles. The summed E-state index contributed by atoms with van der Waals surface area (Å²) < 4.78 is 21.6. The third-order valence-corrected chi connectivity index (χ3v) is 5.82. The molecule has 0 radical (unpaired) electrons. The maximum Gasteiger partial charge on any atom is 0.330 e. The lowest BCUT2D eigenvalue weighted by Crippen LogP contribution is -1.94. The van der Waals surface area contributed by atoms with Crippen LogP contribution in [0.1, 0.15) is 84.0 Å². The molecule has 3 nitrogen and oxygen atoms in total. The molecule has 0 saturated carbocycles. The Morgan fingerprint density at radius 3 is 1.35 bits per heavy atom. The lowest BCUT2D eigenvalue weighted by atomic mass is 10.1. The molecule has 0 fully saturated rings. The van der Waals surface area contributed by atoms with E-state index in [1.54, 1.807) is 0 Å². The molecule has 0 rings (SSSR count). The van der Waals surface area contributed by atoms with Crippen molar-refractivity contribution in [3.8, 4) is 0 Å². The molecule has 20 heavy (non-hydrogen) atoms. The van der Waals surface area contributed by atoms with Crippen LogP contribution in [0, 0.1) is 0 Å². The fourth-order valence-electron chi connectivity index (χ4n) is 2.40. The Hall–Kier alpha value is 0.150. The molecule has 0 aliphatic rings. The summed E-state index contributed by atoms with van der Waals surface area (Å²) in [7, 11) is 0.165. The molecular weight excluding hydrogens is 271 g/mol. The zero-order chi connectivity index (χ0) is 15.1. The molecule has 0 N–H and O–H groups in total. The van der Waals surface area contributed by atoms with Gasteiger partial charge in [-0.15, -0.1) is 0 Å². The van der Waals surface area contributed by atoms with Crippen molar-refractivity contribution in [1.29, 1.82) is 0 Å². The van der Waals surface area contributed by atoms with Crippen LogP contribution in [-0.4, -0.2) is 20.4 Å². The fourth-order valence-corrected chi connectivity index (χ4v) is 3.53. The predicted octanol–water partition coefficient (Wildman–Crippen LogP) is 6.17. The van der Waals surface area contributed by atoms with Gasteiger partial charge < -0.3 is 9.05 Å². The topological polar surface area (TPSA) is 35.5 Å². The van der Waals surface area contributed by atoms with Gasteiger partial charge in [-0.05, 0) is 6.42 Å². The van der Waals surface area contributed by atoms with Gasteiger partial charge in [-0.3, -0.25) is 4.57 Å². The van der Waals surface area contributed by atoms with Crippen LogP contribution in [0.2, 0.25) is 0 Å². The lowest BCUT2D eigenvalue weighted by Gasteiger charge is -2.12. The highest BCUT2D eigenvalue weighted by molar-refractivity contribution is 7.53. The van der Waals surface area contributed by atoms with E-state index in [1.807, 2.05) is 0 Å². The third kappa shape index (κ3) is 11.9. The summed E-state index contributed by atoms with van der Waals surface area (Å²) in [4.78, 5) is 0. The Labute approximate surface area is 126 Å². The van der Waals surface area contributed by atoms with Crippen molar-refractivity contribution in [3.05, 3.63) is 0 Å². The van der Waals surface area contributed by atoms with Crippen molar-refractivity contribution in [2.75, 3.05) is 20.4 Å². The summed E-state index contributed by atoms with van der Waals surface area (Å²) in [6.45, 7) is 2.26. The van der Waals surface area contributed by atoms with E-state index in [2.05, 4.69) is 6.92 Å². The van der Waals surface area contributed by atoms with Crippen molar-refractivity contribution in [3.63, 3.8) is 0 Å². The van der Waals surface area contributed by atoms with Gasteiger partial charge >= 0.3 is 7.60 Å². The summed E-state index contributed by atoms with van der Waals surface area (Å²) in [6.07, 6.45) is 16.2. The van der Waals surface area contributed by atoms with E-state index in [0.29, 0.717) is 6.16 Å². The van der Waals surface area contributed by atoms with E-state index >= 15 is 0 Å². The van der Waals surface area contributed by atoms with Gasteiger partial charge in [0.15, 0.2) is 0 Å². The van der Waals surface area contributed by atoms with Crippen LogP contribution in [0.4, 0.5) is 0 Å². The van der Waals surface area contributed by atoms with Crippen LogP contribution in [0.5, 0.6) is 0 Å². The van der Waals surface area contributed by atoms with Crippen LogP contribution in [0.25, 0.3) is 0 Å². The van der Waals surface area contributed by atoms with Crippen molar-refractivity contribution in [1.82, 2.24) is 0 Å². The molecule has 4 heteroatoms. The molecule has 0 aromatic heterocycles. The average Bonchev–Trinajstić information content (AvgIpc) is 2.48. The molecule has 122 valence electrons. The summed E-state index contributed by atoms with van der Waals surface area (Å²) in [5, 5.41) is 0. The largest absolute Gasteiger partial charge is 0.330 e. The second-order valence-corrected chi connectivity index (χ2v) is 7.99. The maximum absolute atomic E-state index is 11.8. The normalized spacial score (nSPS) is 11.9. The van der Waals surface area contributed by atoms with Crippen molar-refractivity contribution in [2.45, 2.75) is 84.0 Å². The van der Waals surface area contributed by atoms with Crippen molar-refractivity contribution < 1.29 is 13.6 Å². The molecule has 0 bridgehead atoms. The molecule has 0 aromatic carbocycles. The predicted molar refractivity (Wildman–Crippen MR) is 87.6 cm³/mol.